The Hall–Kier alpha value is -0.460. The highest BCUT2D eigenvalue weighted by molar-refractivity contribution is 5.09. The number of hydrogen-bond acceptors (Lipinski definition) is 1. The van der Waals surface area contributed by atoms with Gasteiger partial charge in [-0.25, -0.2) is 13.2 Å². The number of rotatable bonds is 4. The van der Waals surface area contributed by atoms with Gasteiger partial charge in [-0.15, -0.1) is 0 Å². The molecule has 0 bridgehead atoms. The molecule has 0 aliphatic heterocycles. The lowest BCUT2D eigenvalue weighted by atomic mass is 9.62. The molecule has 2 unspecified atom stereocenters. The molecule has 0 aromatic carbocycles. The van der Waals surface area contributed by atoms with Crippen molar-refractivity contribution >= 4 is 0 Å². The van der Waals surface area contributed by atoms with E-state index in [1.165, 1.54) is 0 Å². The first-order valence-electron chi connectivity index (χ1n) is 5.02. The second-order valence-electron chi connectivity index (χ2n) is 4.75. The van der Waals surface area contributed by atoms with Crippen molar-refractivity contribution in [3.05, 3.63) is 0 Å². The molecule has 2 atom stereocenters. The third kappa shape index (κ3) is 2.26. The Balaban J connectivity index is 5.95. The van der Waals surface area contributed by atoms with Crippen molar-refractivity contribution in [3.63, 3.8) is 0 Å². The fourth-order valence-electron chi connectivity index (χ4n) is 1.81. The van der Waals surface area contributed by atoms with E-state index in [1.807, 2.05) is 0 Å². The van der Waals surface area contributed by atoms with Gasteiger partial charge in [-0.05, 0) is 20.3 Å². The van der Waals surface area contributed by atoms with Crippen molar-refractivity contribution in [2.75, 3.05) is 0 Å². The van der Waals surface area contributed by atoms with Crippen LogP contribution in [-0.2, 0) is 0 Å². The zero-order valence-electron chi connectivity index (χ0n) is 10.00. The molecule has 17 heavy (non-hydrogen) atoms. The predicted molar refractivity (Wildman–Crippen MR) is 50.6 cm³/mol. The van der Waals surface area contributed by atoms with Crippen LogP contribution in [0.15, 0.2) is 0 Å². The monoisotopic (exact) mass is 266 g/mol. The summed E-state index contributed by atoms with van der Waals surface area (Å²) in [6, 6.07) is 0. The van der Waals surface area contributed by atoms with E-state index in [9.17, 15) is 31.4 Å². The van der Waals surface area contributed by atoms with Gasteiger partial charge >= 0.3 is 6.18 Å². The summed E-state index contributed by atoms with van der Waals surface area (Å²) >= 11 is 0. The van der Waals surface area contributed by atoms with E-state index in [0.29, 0.717) is 6.92 Å². The van der Waals surface area contributed by atoms with E-state index < -0.39 is 35.7 Å². The minimum atomic E-state index is -5.76. The van der Waals surface area contributed by atoms with E-state index in [0.717, 1.165) is 20.8 Å². The third-order valence-electron chi connectivity index (χ3n) is 3.57. The lowest BCUT2D eigenvalue weighted by molar-refractivity contribution is -0.330. The molecule has 0 amide bonds. The molecule has 0 saturated carbocycles. The second kappa shape index (κ2) is 4.33. The van der Waals surface area contributed by atoms with Crippen molar-refractivity contribution in [2.24, 2.45) is 5.41 Å². The van der Waals surface area contributed by atoms with Gasteiger partial charge in [0.05, 0.1) is 5.60 Å². The molecule has 7 heteroatoms. The van der Waals surface area contributed by atoms with Gasteiger partial charge < -0.3 is 5.11 Å². The molecule has 104 valence electrons. The molecular formula is C10H16F6O. The Morgan fingerprint density at radius 1 is 1.00 bits per heavy atom. The van der Waals surface area contributed by atoms with Crippen LogP contribution in [0.1, 0.15) is 34.1 Å². The predicted octanol–water partition coefficient (Wildman–Crippen LogP) is 3.71. The maximum Gasteiger partial charge on any atom is 0.428 e. The van der Waals surface area contributed by atoms with Crippen molar-refractivity contribution < 1.29 is 31.4 Å². The van der Waals surface area contributed by atoms with Gasteiger partial charge in [0.2, 0.25) is 0 Å². The Morgan fingerprint density at radius 2 is 1.35 bits per heavy atom. The average molecular weight is 266 g/mol. The second-order valence-corrected chi connectivity index (χ2v) is 4.75. The van der Waals surface area contributed by atoms with Crippen LogP contribution in [-0.4, -0.2) is 29.0 Å². The molecule has 1 nitrogen and oxygen atoms in total. The van der Waals surface area contributed by atoms with Crippen LogP contribution in [0.25, 0.3) is 0 Å². The first-order chi connectivity index (χ1) is 7.25. The Morgan fingerprint density at radius 3 is 1.41 bits per heavy atom. The minimum Gasteiger partial charge on any atom is -0.390 e. The molecule has 0 saturated heterocycles. The highest BCUT2D eigenvalue weighted by atomic mass is 19.4. The molecule has 0 aromatic rings. The maximum atomic E-state index is 13.9. The lowest BCUT2D eigenvalue weighted by Crippen LogP contribution is -2.65. The van der Waals surface area contributed by atoms with Gasteiger partial charge in [-0.1, -0.05) is 13.8 Å². The molecule has 0 spiro atoms. The van der Waals surface area contributed by atoms with Crippen LogP contribution in [0.3, 0.4) is 0 Å². The fraction of sp³-hybridized carbons (Fsp3) is 1.00. The van der Waals surface area contributed by atoms with Crippen LogP contribution in [0, 0.1) is 5.41 Å². The van der Waals surface area contributed by atoms with Crippen LogP contribution < -0.4 is 0 Å². The Labute approximate surface area is 95.8 Å². The van der Waals surface area contributed by atoms with E-state index >= 15 is 0 Å². The lowest BCUT2D eigenvalue weighted by Gasteiger charge is -2.49. The number of alkyl halides is 6. The van der Waals surface area contributed by atoms with Crippen molar-refractivity contribution in [1.82, 2.24) is 0 Å². The van der Waals surface area contributed by atoms with E-state index in [-0.39, 0.29) is 0 Å². The summed E-state index contributed by atoms with van der Waals surface area (Å²) < 4.78 is 76.9. The third-order valence-corrected chi connectivity index (χ3v) is 3.57. The van der Waals surface area contributed by atoms with E-state index in [2.05, 4.69) is 0 Å². The standard InChI is InChI=1S/C10H16F6O/c1-5-8(4,7(2,3)17)9(13,6(11)12)10(14,15)16/h6,17H,5H2,1-4H3. The quantitative estimate of drug-likeness (QED) is 0.769. The highest BCUT2D eigenvalue weighted by Crippen LogP contribution is 2.56. The van der Waals surface area contributed by atoms with Gasteiger partial charge in [-0.3, -0.25) is 0 Å². The summed E-state index contributed by atoms with van der Waals surface area (Å²) in [5, 5.41) is 9.61. The van der Waals surface area contributed by atoms with Crippen LogP contribution >= 0.6 is 0 Å². The molecule has 0 fully saturated rings. The average Bonchev–Trinajstić information content (AvgIpc) is 2.11. The van der Waals surface area contributed by atoms with Crippen molar-refractivity contribution in [1.29, 1.82) is 0 Å². The van der Waals surface area contributed by atoms with Gasteiger partial charge in [0, 0.05) is 5.41 Å². The maximum absolute atomic E-state index is 13.9. The topological polar surface area (TPSA) is 20.2 Å². The summed E-state index contributed by atoms with van der Waals surface area (Å²) in [7, 11) is 0. The van der Waals surface area contributed by atoms with Crippen LogP contribution in [0.4, 0.5) is 26.3 Å². The number of aliphatic hydroxyl groups is 1. The van der Waals surface area contributed by atoms with E-state index in [4.69, 9.17) is 0 Å². The Bertz CT molecular complexity index is 269. The van der Waals surface area contributed by atoms with Crippen molar-refractivity contribution in [2.45, 2.75) is 58.0 Å². The summed E-state index contributed by atoms with van der Waals surface area (Å²) in [5.74, 6) is 0. The largest absolute Gasteiger partial charge is 0.428 e. The fourth-order valence-corrected chi connectivity index (χ4v) is 1.81. The zero-order valence-corrected chi connectivity index (χ0v) is 10.00. The smallest absolute Gasteiger partial charge is 0.390 e. The summed E-state index contributed by atoms with van der Waals surface area (Å²) in [4.78, 5) is 0. The van der Waals surface area contributed by atoms with Gasteiger partial charge in [-0.2, -0.15) is 13.2 Å². The summed E-state index contributed by atoms with van der Waals surface area (Å²) in [6.45, 7) is 3.57. The molecular weight excluding hydrogens is 250 g/mol. The molecule has 0 aromatic heterocycles. The normalized spacial score (nSPS) is 21.2. The molecule has 0 aliphatic rings. The number of hydrogen-bond donors (Lipinski definition) is 1. The summed E-state index contributed by atoms with van der Waals surface area (Å²) in [6.07, 6.45) is -10.6. The molecule has 1 N–H and O–H groups in total. The first kappa shape index (κ1) is 16.5. The molecule has 0 radical (unpaired) electrons. The molecule has 0 aliphatic carbocycles. The van der Waals surface area contributed by atoms with Gasteiger partial charge in [0.25, 0.3) is 12.1 Å². The molecule has 0 rings (SSSR count). The minimum absolute atomic E-state index is 0.586. The van der Waals surface area contributed by atoms with Gasteiger partial charge in [0.15, 0.2) is 0 Å². The van der Waals surface area contributed by atoms with E-state index in [1.54, 1.807) is 0 Å². The SMILES string of the molecule is CCC(C)(C(C)(C)O)C(F)(C(F)F)C(F)(F)F. The first-order valence-corrected chi connectivity index (χ1v) is 5.02. The van der Waals surface area contributed by atoms with Gasteiger partial charge in [0.1, 0.15) is 0 Å². The molecule has 0 heterocycles. The van der Waals surface area contributed by atoms with Crippen LogP contribution in [0.5, 0.6) is 0 Å². The Kier molecular flexibility index (Phi) is 4.21. The summed E-state index contributed by atoms with van der Waals surface area (Å²) in [5.41, 5.74) is -9.65. The van der Waals surface area contributed by atoms with Crippen LogP contribution in [0.2, 0.25) is 0 Å². The zero-order chi connectivity index (χ0) is 14.3. The van der Waals surface area contributed by atoms with Crippen molar-refractivity contribution in [3.8, 4) is 0 Å². The highest BCUT2D eigenvalue weighted by Gasteiger charge is 2.74. The number of halogens is 6.